The maximum absolute atomic E-state index is 5.58. The van der Waals surface area contributed by atoms with Crippen LogP contribution in [0, 0.1) is 0 Å². The molecule has 0 unspecified atom stereocenters. The van der Waals surface area contributed by atoms with E-state index in [-0.39, 0.29) is 0 Å². The molecule has 92 valence electrons. The van der Waals surface area contributed by atoms with E-state index >= 15 is 0 Å². The summed E-state index contributed by atoms with van der Waals surface area (Å²) >= 11 is 8.42. The van der Waals surface area contributed by atoms with Crippen LogP contribution in [0.1, 0.15) is 5.56 Å². The van der Waals surface area contributed by atoms with Crippen molar-refractivity contribution in [3.05, 3.63) is 52.8 Å². The zero-order valence-electron chi connectivity index (χ0n) is 9.80. The Morgan fingerprint density at radius 2 is 1.94 bits per heavy atom. The largest absolute Gasteiger partial charge is 0.389 e. The number of pyridine rings is 1. The summed E-state index contributed by atoms with van der Waals surface area (Å²) in [7, 11) is 2.00. The van der Waals surface area contributed by atoms with Crippen LogP contribution in [0.2, 0.25) is 0 Å². The highest BCUT2D eigenvalue weighted by molar-refractivity contribution is 9.10. The molecule has 0 radical (unpaired) electrons. The monoisotopic (exact) mass is 321 g/mol. The maximum Gasteiger partial charge on any atom is 0.103 e. The third-order valence-corrected chi connectivity index (χ3v) is 3.50. The summed E-state index contributed by atoms with van der Waals surface area (Å²) in [5.41, 5.74) is 8.55. The van der Waals surface area contributed by atoms with Crippen molar-refractivity contribution < 1.29 is 0 Å². The third-order valence-electron chi connectivity index (χ3n) is 2.65. The fraction of sp³-hybridized carbons (Fsp3) is 0.0769. The molecule has 2 rings (SSSR count). The molecule has 0 saturated carbocycles. The molecular weight excluding hydrogens is 310 g/mol. The van der Waals surface area contributed by atoms with Crippen molar-refractivity contribution in [2.75, 3.05) is 11.9 Å². The molecule has 3 nitrogen and oxygen atoms in total. The van der Waals surface area contributed by atoms with E-state index in [1.54, 1.807) is 12.4 Å². The van der Waals surface area contributed by atoms with Crippen LogP contribution in [-0.4, -0.2) is 17.0 Å². The predicted octanol–water partition coefficient (Wildman–Crippen LogP) is 3.25. The van der Waals surface area contributed by atoms with Crippen molar-refractivity contribution in [1.29, 1.82) is 0 Å². The standard InChI is InChI=1S/C13H12BrN3S/c1-17(12-6-7-16-8-11(12)14)10-4-2-9(3-5-10)13(15)18/h2-8H,1H3,(H2,15,18). The molecule has 0 atom stereocenters. The normalized spacial score (nSPS) is 10.1. The van der Waals surface area contributed by atoms with Gasteiger partial charge >= 0.3 is 0 Å². The van der Waals surface area contributed by atoms with Crippen LogP contribution in [0.15, 0.2) is 47.2 Å². The Morgan fingerprint density at radius 1 is 1.28 bits per heavy atom. The molecule has 0 spiro atoms. The Hall–Kier alpha value is -1.46. The molecule has 18 heavy (non-hydrogen) atoms. The molecule has 1 aromatic heterocycles. The van der Waals surface area contributed by atoms with Gasteiger partial charge in [-0.25, -0.2) is 0 Å². The number of benzene rings is 1. The van der Waals surface area contributed by atoms with Gasteiger partial charge in [0.1, 0.15) is 4.99 Å². The fourth-order valence-electron chi connectivity index (χ4n) is 1.63. The molecule has 2 aromatic rings. The Labute approximate surface area is 120 Å². The molecule has 0 bridgehead atoms. The summed E-state index contributed by atoms with van der Waals surface area (Å²) in [6.07, 6.45) is 3.54. The summed E-state index contributed by atoms with van der Waals surface area (Å²) in [6.45, 7) is 0. The fourth-order valence-corrected chi connectivity index (χ4v) is 2.28. The van der Waals surface area contributed by atoms with Crippen molar-refractivity contribution in [3.8, 4) is 0 Å². The summed E-state index contributed by atoms with van der Waals surface area (Å²) < 4.78 is 0.950. The number of hydrogen-bond acceptors (Lipinski definition) is 3. The van der Waals surface area contributed by atoms with Crippen molar-refractivity contribution >= 4 is 44.5 Å². The molecule has 1 heterocycles. The maximum atomic E-state index is 5.58. The summed E-state index contributed by atoms with van der Waals surface area (Å²) in [6, 6.07) is 9.76. The number of halogens is 1. The van der Waals surface area contributed by atoms with Crippen LogP contribution in [0.3, 0.4) is 0 Å². The van der Waals surface area contributed by atoms with Gasteiger partial charge in [0, 0.05) is 30.7 Å². The van der Waals surface area contributed by atoms with Gasteiger partial charge in [-0.15, -0.1) is 0 Å². The first-order chi connectivity index (χ1) is 8.59. The van der Waals surface area contributed by atoms with E-state index in [2.05, 4.69) is 25.8 Å². The SMILES string of the molecule is CN(c1ccc(C(N)=S)cc1)c1ccncc1Br. The van der Waals surface area contributed by atoms with Gasteiger partial charge in [-0.2, -0.15) is 0 Å². The molecule has 0 aliphatic carbocycles. The van der Waals surface area contributed by atoms with Crippen molar-refractivity contribution in [2.45, 2.75) is 0 Å². The van der Waals surface area contributed by atoms with Crippen molar-refractivity contribution in [1.82, 2.24) is 4.98 Å². The second-order valence-corrected chi connectivity index (χ2v) is 5.09. The van der Waals surface area contributed by atoms with E-state index in [4.69, 9.17) is 18.0 Å². The summed E-state index contributed by atoms with van der Waals surface area (Å²) in [5, 5.41) is 0. The number of anilines is 2. The van der Waals surface area contributed by atoms with Crippen molar-refractivity contribution in [3.63, 3.8) is 0 Å². The van der Waals surface area contributed by atoms with E-state index in [0.717, 1.165) is 21.4 Å². The number of rotatable bonds is 3. The van der Waals surface area contributed by atoms with Crippen LogP contribution in [-0.2, 0) is 0 Å². The first-order valence-electron chi connectivity index (χ1n) is 5.32. The summed E-state index contributed by atoms with van der Waals surface area (Å²) in [5.74, 6) is 0. The Balaban J connectivity index is 2.32. The van der Waals surface area contributed by atoms with Gasteiger partial charge in [-0.05, 0) is 46.3 Å². The lowest BCUT2D eigenvalue weighted by atomic mass is 10.2. The minimum Gasteiger partial charge on any atom is -0.389 e. The molecule has 2 N–H and O–H groups in total. The quantitative estimate of drug-likeness (QED) is 0.881. The highest BCUT2D eigenvalue weighted by atomic mass is 79.9. The molecule has 0 saturated heterocycles. The van der Waals surface area contributed by atoms with E-state index in [9.17, 15) is 0 Å². The van der Waals surface area contributed by atoms with E-state index in [1.165, 1.54) is 0 Å². The zero-order valence-corrected chi connectivity index (χ0v) is 12.2. The van der Waals surface area contributed by atoms with Crippen LogP contribution >= 0.6 is 28.1 Å². The smallest absolute Gasteiger partial charge is 0.103 e. The molecule has 1 aromatic carbocycles. The predicted molar refractivity (Wildman–Crippen MR) is 82.3 cm³/mol. The molecule has 0 aliphatic heterocycles. The Bertz CT molecular complexity index is 569. The Morgan fingerprint density at radius 3 is 2.50 bits per heavy atom. The number of nitrogens with zero attached hydrogens (tertiary/aromatic N) is 2. The topological polar surface area (TPSA) is 42.1 Å². The molecule has 5 heteroatoms. The second kappa shape index (κ2) is 5.46. The third kappa shape index (κ3) is 2.68. The minimum atomic E-state index is 0.411. The highest BCUT2D eigenvalue weighted by Gasteiger charge is 2.07. The lowest BCUT2D eigenvalue weighted by Crippen LogP contribution is -2.12. The van der Waals surface area contributed by atoms with Crippen LogP contribution in [0.5, 0.6) is 0 Å². The molecule has 0 amide bonds. The van der Waals surface area contributed by atoms with Gasteiger partial charge in [0.15, 0.2) is 0 Å². The molecule has 0 aliphatic rings. The molecular formula is C13H12BrN3S. The lowest BCUT2D eigenvalue weighted by Gasteiger charge is -2.20. The number of aromatic nitrogens is 1. The number of nitrogens with two attached hydrogens (primary N) is 1. The van der Waals surface area contributed by atoms with Gasteiger partial charge in [-0.3, -0.25) is 4.98 Å². The van der Waals surface area contributed by atoms with Crippen LogP contribution in [0.25, 0.3) is 0 Å². The van der Waals surface area contributed by atoms with Gasteiger partial charge in [0.05, 0.1) is 10.2 Å². The number of thiocarbonyl (C=S) groups is 1. The minimum absolute atomic E-state index is 0.411. The van der Waals surface area contributed by atoms with Gasteiger partial charge < -0.3 is 10.6 Å². The van der Waals surface area contributed by atoms with E-state index in [1.807, 2.05) is 37.4 Å². The second-order valence-electron chi connectivity index (χ2n) is 3.80. The van der Waals surface area contributed by atoms with Gasteiger partial charge in [-0.1, -0.05) is 12.2 Å². The van der Waals surface area contributed by atoms with Crippen molar-refractivity contribution in [2.24, 2.45) is 5.73 Å². The first-order valence-corrected chi connectivity index (χ1v) is 6.53. The number of hydrogen-bond donors (Lipinski definition) is 1. The van der Waals surface area contributed by atoms with Crippen LogP contribution < -0.4 is 10.6 Å². The summed E-state index contributed by atoms with van der Waals surface area (Å²) in [4.78, 5) is 6.53. The average Bonchev–Trinajstić information content (AvgIpc) is 2.38. The van der Waals surface area contributed by atoms with Gasteiger partial charge in [0.25, 0.3) is 0 Å². The molecule has 0 fully saturated rings. The average molecular weight is 322 g/mol. The van der Waals surface area contributed by atoms with E-state index < -0.39 is 0 Å². The van der Waals surface area contributed by atoms with E-state index in [0.29, 0.717) is 4.99 Å². The van der Waals surface area contributed by atoms with Gasteiger partial charge in [0.2, 0.25) is 0 Å². The lowest BCUT2D eigenvalue weighted by molar-refractivity contribution is 1.17. The Kier molecular flexibility index (Phi) is 3.93. The van der Waals surface area contributed by atoms with Crippen LogP contribution in [0.4, 0.5) is 11.4 Å². The highest BCUT2D eigenvalue weighted by Crippen LogP contribution is 2.29. The first kappa shape index (κ1) is 13.0. The zero-order chi connectivity index (χ0) is 13.1.